The summed E-state index contributed by atoms with van der Waals surface area (Å²) in [4.78, 5) is 30.0. The third-order valence-corrected chi connectivity index (χ3v) is 5.35. The smallest absolute Gasteiger partial charge is 0.292 e. The Morgan fingerprint density at radius 2 is 1.96 bits per heavy atom. The van der Waals surface area contributed by atoms with Crippen LogP contribution in [0.2, 0.25) is 0 Å². The largest absolute Gasteiger partial charge is 0.360 e. The fraction of sp³-hybridized carbons (Fsp3) is 0.579. The number of imidazole rings is 1. The van der Waals surface area contributed by atoms with E-state index >= 15 is 0 Å². The molecule has 3 heterocycles. The van der Waals surface area contributed by atoms with Gasteiger partial charge in [-0.15, -0.1) is 0 Å². The van der Waals surface area contributed by atoms with Crippen molar-refractivity contribution in [1.82, 2.24) is 20.0 Å². The standard InChI is InChI=1S/C19H25N5O3/c1-12-11-15(23-27-12)21-19(26)17-22-16(14-9-5-6-10-24(14)17)18(25)20-13-7-3-2-4-8-13/h11,13H,2-10H2,1H3,(H,20,25)(H,21,23,26). The minimum Gasteiger partial charge on any atom is -0.360 e. The number of nitrogens with one attached hydrogen (secondary N) is 2. The Balaban J connectivity index is 1.57. The van der Waals surface area contributed by atoms with Gasteiger partial charge in [0, 0.05) is 18.7 Å². The summed E-state index contributed by atoms with van der Waals surface area (Å²) in [5.74, 6) is 0.688. The zero-order valence-corrected chi connectivity index (χ0v) is 15.6. The summed E-state index contributed by atoms with van der Waals surface area (Å²) < 4.78 is 6.86. The van der Waals surface area contributed by atoms with Gasteiger partial charge >= 0.3 is 0 Å². The van der Waals surface area contributed by atoms with E-state index in [1.165, 1.54) is 6.42 Å². The first kappa shape index (κ1) is 17.8. The molecule has 0 spiro atoms. The number of anilines is 1. The van der Waals surface area contributed by atoms with Crippen molar-refractivity contribution in [2.24, 2.45) is 0 Å². The van der Waals surface area contributed by atoms with E-state index in [2.05, 4.69) is 20.8 Å². The molecule has 1 saturated carbocycles. The topological polar surface area (TPSA) is 102 Å². The van der Waals surface area contributed by atoms with Gasteiger partial charge in [-0.3, -0.25) is 9.59 Å². The van der Waals surface area contributed by atoms with Crippen LogP contribution in [0.4, 0.5) is 5.82 Å². The van der Waals surface area contributed by atoms with E-state index < -0.39 is 0 Å². The minimum atomic E-state index is -0.372. The Hall–Kier alpha value is -2.64. The lowest BCUT2D eigenvalue weighted by Gasteiger charge is -2.23. The zero-order chi connectivity index (χ0) is 18.8. The molecule has 27 heavy (non-hydrogen) atoms. The molecule has 4 rings (SSSR count). The molecule has 0 bridgehead atoms. The minimum absolute atomic E-state index is 0.163. The molecule has 2 aromatic rings. The predicted octanol–water partition coefficient (Wildman–Crippen LogP) is 2.83. The van der Waals surface area contributed by atoms with Crippen molar-refractivity contribution in [2.45, 2.75) is 70.9 Å². The van der Waals surface area contributed by atoms with E-state index in [4.69, 9.17) is 4.52 Å². The number of aromatic nitrogens is 3. The van der Waals surface area contributed by atoms with Gasteiger partial charge < -0.3 is 19.7 Å². The molecular formula is C19H25N5O3. The van der Waals surface area contributed by atoms with Crippen LogP contribution in [0.25, 0.3) is 0 Å². The Bertz CT molecular complexity index is 848. The predicted molar refractivity (Wildman–Crippen MR) is 98.7 cm³/mol. The van der Waals surface area contributed by atoms with E-state index in [0.29, 0.717) is 23.8 Å². The number of fused-ring (bicyclic) bond motifs is 1. The van der Waals surface area contributed by atoms with Gasteiger partial charge in [0.15, 0.2) is 11.6 Å². The number of hydrogen-bond donors (Lipinski definition) is 2. The molecule has 2 N–H and O–H groups in total. The van der Waals surface area contributed by atoms with Crippen LogP contribution in [0.3, 0.4) is 0 Å². The summed E-state index contributed by atoms with van der Waals surface area (Å²) in [5, 5.41) is 9.61. The van der Waals surface area contributed by atoms with Gasteiger partial charge in [0.2, 0.25) is 0 Å². The van der Waals surface area contributed by atoms with Crippen LogP contribution in [-0.2, 0) is 13.0 Å². The summed E-state index contributed by atoms with van der Waals surface area (Å²) >= 11 is 0. The third-order valence-electron chi connectivity index (χ3n) is 5.35. The summed E-state index contributed by atoms with van der Waals surface area (Å²) in [5.41, 5.74) is 1.25. The van der Waals surface area contributed by atoms with E-state index in [0.717, 1.165) is 50.6 Å². The van der Waals surface area contributed by atoms with Crippen LogP contribution in [0.1, 0.15) is 77.5 Å². The van der Waals surface area contributed by atoms with Crippen LogP contribution in [-0.4, -0.2) is 32.6 Å². The second-order valence-corrected chi connectivity index (χ2v) is 7.42. The normalized spacial score (nSPS) is 17.4. The molecule has 0 unspecified atom stereocenters. The lowest BCUT2D eigenvalue weighted by Crippen LogP contribution is -2.37. The summed E-state index contributed by atoms with van der Waals surface area (Å²) in [7, 11) is 0. The Labute approximate surface area is 157 Å². The highest BCUT2D eigenvalue weighted by Gasteiger charge is 2.29. The SMILES string of the molecule is Cc1cc(NC(=O)c2nc(C(=O)NC3CCCCC3)c3n2CCCC3)no1. The molecule has 1 fully saturated rings. The second-order valence-electron chi connectivity index (χ2n) is 7.42. The Kier molecular flexibility index (Phi) is 4.96. The molecule has 8 heteroatoms. The average Bonchev–Trinajstić information content (AvgIpc) is 3.26. The van der Waals surface area contributed by atoms with Crippen LogP contribution >= 0.6 is 0 Å². The first-order valence-electron chi connectivity index (χ1n) is 9.77. The lowest BCUT2D eigenvalue weighted by atomic mass is 9.95. The maximum absolute atomic E-state index is 12.8. The first-order chi connectivity index (χ1) is 13.1. The quantitative estimate of drug-likeness (QED) is 0.860. The molecule has 0 atom stereocenters. The van der Waals surface area contributed by atoms with Crippen LogP contribution in [0, 0.1) is 6.92 Å². The van der Waals surface area contributed by atoms with Crippen molar-refractivity contribution in [1.29, 1.82) is 0 Å². The zero-order valence-electron chi connectivity index (χ0n) is 15.6. The molecule has 1 aliphatic heterocycles. The monoisotopic (exact) mass is 371 g/mol. The van der Waals surface area contributed by atoms with Gasteiger partial charge in [0.1, 0.15) is 11.5 Å². The number of carbonyl (C=O) groups is 2. The molecule has 144 valence electrons. The van der Waals surface area contributed by atoms with Gasteiger partial charge in [-0.05, 0) is 39.0 Å². The molecule has 1 aliphatic carbocycles. The number of carbonyl (C=O) groups excluding carboxylic acids is 2. The Morgan fingerprint density at radius 1 is 1.15 bits per heavy atom. The van der Waals surface area contributed by atoms with Crippen molar-refractivity contribution < 1.29 is 14.1 Å². The van der Waals surface area contributed by atoms with Crippen LogP contribution < -0.4 is 10.6 Å². The fourth-order valence-corrected chi connectivity index (χ4v) is 4.00. The average molecular weight is 371 g/mol. The van der Waals surface area contributed by atoms with Crippen LogP contribution in [0.15, 0.2) is 10.6 Å². The number of amides is 2. The van der Waals surface area contributed by atoms with Crippen molar-refractivity contribution in [2.75, 3.05) is 5.32 Å². The summed E-state index contributed by atoms with van der Waals surface area (Å²) in [6, 6.07) is 1.86. The number of hydrogen-bond acceptors (Lipinski definition) is 5. The van der Waals surface area contributed by atoms with E-state index in [-0.39, 0.29) is 23.7 Å². The lowest BCUT2D eigenvalue weighted by molar-refractivity contribution is 0.0921. The molecule has 0 saturated heterocycles. The highest BCUT2D eigenvalue weighted by atomic mass is 16.5. The summed E-state index contributed by atoms with van der Waals surface area (Å²) in [6.07, 6.45) is 8.29. The highest BCUT2D eigenvalue weighted by molar-refractivity contribution is 6.03. The van der Waals surface area contributed by atoms with Crippen LogP contribution in [0.5, 0.6) is 0 Å². The molecule has 2 aliphatic rings. The van der Waals surface area contributed by atoms with E-state index in [9.17, 15) is 9.59 Å². The van der Waals surface area contributed by atoms with Crippen molar-refractivity contribution >= 4 is 17.6 Å². The number of aryl methyl sites for hydroxylation is 1. The van der Waals surface area contributed by atoms with Gasteiger partial charge in [-0.1, -0.05) is 24.4 Å². The van der Waals surface area contributed by atoms with Crippen molar-refractivity contribution in [3.63, 3.8) is 0 Å². The maximum atomic E-state index is 12.8. The fourth-order valence-electron chi connectivity index (χ4n) is 4.00. The third kappa shape index (κ3) is 3.74. The van der Waals surface area contributed by atoms with Crippen molar-refractivity contribution in [3.8, 4) is 0 Å². The molecule has 2 amide bonds. The number of rotatable bonds is 4. The first-order valence-corrected chi connectivity index (χ1v) is 9.77. The molecule has 0 radical (unpaired) electrons. The molecule has 8 nitrogen and oxygen atoms in total. The van der Waals surface area contributed by atoms with Crippen molar-refractivity contribution in [3.05, 3.63) is 29.0 Å². The van der Waals surface area contributed by atoms with Gasteiger partial charge in [-0.25, -0.2) is 4.98 Å². The van der Waals surface area contributed by atoms with E-state index in [1.54, 1.807) is 13.0 Å². The van der Waals surface area contributed by atoms with Gasteiger partial charge in [0.25, 0.3) is 11.8 Å². The maximum Gasteiger partial charge on any atom is 0.292 e. The second kappa shape index (κ2) is 7.54. The Morgan fingerprint density at radius 3 is 2.70 bits per heavy atom. The molecular weight excluding hydrogens is 346 g/mol. The van der Waals surface area contributed by atoms with E-state index in [1.807, 2.05) is 4.57 Å². The van der Waals surface area contributed by atoms with Gasteiger partial charge in [-0.2, -0.15) is 0 Å². The number of nitrogens with zero attached hydrogens (tertiary/aromatic N) is 3. The van der Waals surface area contributed by atoms with Gasteiger partial charge in [0.05, 0.1) is 5.69 Å². The molecule has 2 aromatic heterocycles. The molecule has 0 aromatic carbocycles. The highest BCUT2D eigenvalue weighted by Crippen LogP contribution is 2.23. The summed E-state index contributed by atoms with van der Waals surface area (Å²) in [6.45, 7) is 2.45.